The number of hydrogen-bond donors (Lipinski definition) is 0. The second kappa shape index (κ2) is 7.06. The van der Waals surface area contributed by atoms with Gasteiger partial charge in [0.05, 0.1) is 13.2 Å². The molecule has 0 N–H and O–H groups in total. The first kappa shape index (κ1) is 17.8. The van der Waals surface area contributed by atoms with Gasteiger partial charge in [0.15, 0.2) is 5.52 Å². The summed E-state index contributed by atoms with van der Waals surface area (Å²) in [6, 6.07) is 11.0. The SMILES string of the molecule is Cc1cc(C)c(-[n+]2cc3cccc(N4CCOCC4)n3c2)c(C)c1.[Cl-]. The van der Waals surface area contributed by atoms with E-state index in [1.165, 1.54) is 33.7 Å². The second-order valence-electron chi connectivity index (χ2n) is 6.68. The first-order valence-electron chi connectivity index (χ1n) is 8.57. The maximum Gasteiger partial charge on any atom is 0.255 e. The van der Waals surface area contributed by atoms with Crippen LogP contribution in [0.2, 0.25) is 0 Å². The molecule has 1 saturated heterocycles. The number of halogens is 1. The predicted molar refractivity (Wildman–Crippen MR) is 96.2 cm³/mol. The number of morpholine rings is 1. The van der Waals surface area contributed by atoms with Crippen molar-refractivity contribution in [3.8, 4) is 5.69 Å². The van der Waals surface area contributed by atoms with Gasteiger partial charge < -0.3 is 22.0 Å². The van der Waals surface area contributed by atoms with Gasteiger partial charge in [-0.2, -0.15) is 4.40 Å². The number of rotatable bonds is 2. The molecule has 0 atom stereocenters. The summed E-state index contributed by atoms with van der Waals surface area (Å²) >= 11 is 0. The van der Waals surface area contributed by atoms with Crippen molar-refractivity contribution in [1.29, 1.82) is 0 Å². The van der Waals surface area contributed by atoms with E-state index in [9.17, 15) is 0 Å². The van der Waals surface area contributed by atoms with Gasteiger partial charge in [-0.05, 0) is 38.0 Å². The summed E-state index contributed by atoms with van der Waals surface area (Å²) in [5, 5.41) is 0. The van der Waals surface area contributed by atoms with Crippen molar-refractivity contribution in [3.05, 3.63) is 59.5 Å². The van der Waals surface area contributed by atoms with Gasteiger partial charge in [-0.3, -0.25) is 0 Å². The molecule has 4 nitrogen and oxygen atoms in total. The Morgan fingerprint density at radius 3 is 2.36 bits per heavy atom. The maximum atomic E-state index is 5.49. The summed E-state index contributed by atoms with van der Waals surface area (Å²) in [5.41, 5.74) is 6.41. The summed E-state index contributed by atoms with van der Waals surface area (Å²) in [4.78, 5) is 2.40. The summed E-state index contributed by atoms with van der Waals surface area (Å²) < 4.78 is 10.0. The van der Waals surface area contributed by atoms with Gasteiger partial charge >= 0.3 is 0 Å². The first-order valence-corrected chi connectivity index (χ1v) is 8.57. The Kier molecular flexibility index (Phi) is 5.02. The molecule has 1 aliphatic rings. The number of aryl methyl sites for hydroxylation is 3. The van der Waals surface area contributed by atoms with Crippen LogP contribution in [0.25, 0.3) is 11.2 Å². The number of pyridine rings is 1. The van der Waals surface area contributed by atoms with Crippen LogP contribution in [0.4, 0.5) is 5.82 Å². The van der Waals surface area contributed by atoms with E-state index < -0.39 is 0 Å². The average Bonchev–Trinajstić information content (AvgIpc) is 2.98. The van der Waals surface area contributed by atoms with E-state index in [-0.39, 0.29) is 12.4 Å². The van der Waals surface area contributed by atoms with E-state index in [1.54, 1.807) is 0 Å². The van der Waals surface area contributed by atoms with Crippen LogP contribution in [0.15, 0.2) is 42.9 Å². The molecule has 25 heavy (non-hydrogen) atoms. The standard InChI is InChI=1S/C20H24N3O.ClH/c1-15-11-16(2)20(17(3)12-15)22-13-18-5-4-6-19(23(18)14-22)21-7-9-24-10-8-21;/h4-6,11-14H,7-10H2,1-3H3;1H/q+1;/p-1. The minimum absolute atomic E-state index is 0. The fraction of sp³-hybridized carbons (Fsp3) is 0.350. The van der Waals surface area contributed by atoms with Crippen molar-refractivity contribution in [1.82, 2.24) is 4.40 Å². The molecule has 132 valence electrons. The molecule has 3 aromatic rings. The Labute approximate surface area is 155 Å². The van der Waals surface area contributed by atoms with Gasteiger partial charge in [0.1, 0.15) is 11.9 Å². The Balaban J connectivity index is 0.00000182. The Morgan fingerprint density at radius 1 is 1.00 bits per heavy atom. The Hall–Kier alpha value is -2.04. The minimum Gasteiger partial charge on any atom is -1.00 e. The van der Waals surface area contributed by atoms with Crippen LogP contribution in [-0.4, -0.2) is 30.7 Å². The normalized spacial score (nSPS) is 14.6. The third-order valence-electron chi connectivity index (χ3n) is 4.78. The average molecular weight is 358 g/mol. The second-order valence-corrected chi connectivity index (χ2v) is 6.68. The lowest BCUT2D eigenvalue weighted by Crippen LogP contribution is -3.00. The fourth-order valence-electron chi connectivity index (χ4n) is 3.81. The van der Waals surface area contributed by atoms with E-state index in [0.717, 1.165) is 26.3 Å². The highest BCUT2D eigenvalue weighted by molar-refractivity contribution is 5.54. The Morgan fingerprint density at radius 2 is 1.68 bits per heavy atom. The number of benzene rings is 1. The number of nitrogens with zero attached hydrogens (tertiary/aromatic N) is 3. The van der Waals surface area contributed by atoms with Crippen molar-refractivity contribution in [3.63, 3.8) is 0 Å². The van der Waals surface area contributed by atoms with Gasteiger partial charge in [-0.1, -0.05) is 23.8 Å². The molecule has 4 rings (SSSR count). The molecule has 0 spiro atoms. The van der Waals surface area contributed by atoms with Crippen molar-refractivity contribution >= 4 is 11.3 Å². The van der Waals surface area contributed by atoms with Crippen LogP contribution in [0.1, 0.15) is 16.7 Å². The number of imidazole rings is 1. The lowest BCUT2D eigenvalue weighted by molar-refractivity contribution is -0.594. The number of fused-ring (bicyclic) bond motifs is 1. The smallest absolute Gasteiger partial charge is 0.255 e. The molecular formula is C20H24ClN3O. The molecule has 3 heterocycles. The lowest BCUT2D eigenvalue weighted by Gasteiger charge is -2.26. The van der Waals surface area contributed by atoms with Crippen molar-refractivity contribution in [2.24, 2.45) is 0 Å². The van der Waals surface area contributed by atoms with Crippen LogP contribution in [0.5, 0.6) is 0 Å². The van der Waals surface area contributed by atoms with E-state index >= 15 is 0 Å². The van der Waals surface area contributed by atoms with E-state index in [2.05, 4.69) is 77.5 Å². The molecule has 0 unspecified atom stereocenters. The van der Waals surface area contributed by atoms with Crippen LogP contribution in [0.3, 0.4) is 0 Å². The van der Waals surface area contributed by atoms with Gasteiger partial charge in [0.25, 0.3) is 6.33 Å². The molecule has 5 heteroatoms. The zero-order chi connectivity index (χ0) is 16.7. The highest BCUT2D eigenvalue weighted by atomic mass is 35.5. The molecule has 0 saturated carbocycles. The van der Waals surface area contributed by atoms with Crippen LogP contribution >= 0.6 is 0 Å². The monoisotopic (exact) mass is 357 g/mol. The molecular weight excluding hydrogens is 334 g/mol. The number of anilines is 1. The van der Waals surface area contributed by atoms with E-state index in [0.29, 0.717) is 0 Å². The van der Waals surface area contributed by atoms with E-state index in [4.69, 9.17) is 4.74 Å². The summed E-state index contributed by atoms with van der Waals surface area (Å²) in [6.45, 7) is 10.0. The summed E-state index contributed by atoms with van der Waals surface area (Å²) in [5.74, 6) is 1.23. The highest BCUT2D eigenvalue weighted by Crippen LogP contribution is 2.20. The minimum atomic E-state index is 0. The van der Waals surface area contributed by atoms with Crippen molar-refractivity contribution in [2.45, 2.75) is 20.8 Å². The summed E-state index contributed by atoms with van der Waals surface area (Å²) in [6.07, 6.45) is 4.42. The third kappa shape index (κ3) is 3.24. The van der Waals surface area contributed by atoms with Crippen LogP contribution in [-0.2, 0) is 4.74 Å². The van der Waals surface area contributed by atoms with Gasteiger partial charge in [-0.25, -0.2) is 4.57 Å². The van der Waals surface area contributed by atoms with Crippen LogP contribution in [0, 0.1) is 20.8 Å². The largest absolute Gasteiger partial charge is 1.00 e. The quantitative estimate of drug-likeness (QED) is 0.601. The molecule has 0 aliphatic carbocycles. The fourth-order valence-corrected chi connectivity index (χ4v) is 3.81. The predicted octanol–water partition coefficient (Wildman–Crippen LogP) is -0.0181. The zero-order valence-corrected chi connectivity index (χ0v) is 15.8. The molecule has 1 aliphatic heterocycles. The van der Waals surface area contributed by atoms with Crippen molar-refractivity contribution < 1.29 is 21.7 Å². The molecule has 0 radical (unpaired) electrons. The maximum absolute atomic E-state index is 5.49. The lowest BCUT2D eigenvalue weighted by atomic mass is 10.1. The number of ether oxygens (including phenoxy) is 1. The van der Waals surface area contributed by atoms with Gasteiger partial charge in [0, 0.05) is 19.2 Å². The zero-order valence-electron chi connectivity index (χ0n) is 15.0. The molecule has 1 fully saturated rings. The topological polar surface area (TPSA) is 20.8 Å². The molecule has 1 aromatic carbocycles. The van der Waals surface area contributed by atoms with Gasteiger partial charge in [-0.15, -0.1) is 0 Å². The Bertz CT molecular complexity index is 874. The molecule has 0 bridgehead atoms. The highest BCUT2D eigenvalue weighted by Gasteiger charge is 2.20. The molecule has 0 amide bonds. The molecule has 2 aromatic heterocycles. The van der Waals surface area contributed by atoms with Crippen LogP contribution < -0.4 is 21.9 Å². The number of aromatic nitrogens is 2. The van der Waals surface area contributed by atoms with Gasteiger partial charge in [0.2, 0.25) is 5.82 Å². The third-order valence-corrected chi connectivity index (χ3v) is 4.78. The summed E-state index contributed by atoms with van der Waals surface area (Å²) in [7, 11) is 0. The first-order chi connectivity index (χ1) is 11.6. The van der Waals surface area contributed by atoms with E-state index in [1.807, 2.05) is 0 Å². The van der Waals surface area contributed by atoms with Crippen molar-refractivity contribution in [2.75, 3.05) is 31.2 Å². The number of hydrogen-bond acceptors (Lipinski definition) is 2.